The van der Waals surface area contributed by atoms with Crippen LogP contribution in [0.15, 0.2) is 9.32 Å². The lowest BCUT2D eigenvalue weighted by Gasteiger charge is -2.50. The van der Waals surface area contributed by atoms with E-state index in [1.807, 2.05) is 0 Å². The fraction of sp³-hybridized carbons (Fsp3) is 0.758. The normalized spacial score (nSPS) is 29.6. The molecule has 2 spiro atoms. The maximum atomic E-state index is 13.8. The maximum Gasteiger partial charge on any atom is 0.330 e. The van der Waals surface area contributed by atoms with Crippen molar-refractivity contribution in [3.63, 3.8) is 0 Å². The second kappa shape index (κ2) is 10.4. The highest BCUT2D eigenvalue weighted by Gasteiger charge is 2.61. The van der Waals surface area contributed by atoms with Gasteiger partial charge >= 0.3 is 5.69 Å². The Kier molecular flexibility index (Phi) is 6.54. The Morgan fingerprint density at radius 1 is 0.956 bits per heavy atom. The lowest BCUT2D eigenvalue weighted by atomic mass is 9.61. The molecule has 7 heterocycles. The van der Waals surface area contributed by atoms with E-state index >= 15 is 0 Å². The van der Waals surface area contributed by atoms with E-state index in [9.17, 15) is 4.79 Å². The third kappa shape index (κ3) is 3.91. The molecule has 12 heteroatoms. The summed E-state index contributed by atoms with van der Waals surface area (Å²) in [5, 5.41) is 4.77. The van der Waals surface area contributed by atoms with Crippen molar-refractivity contribution in [2.75, 3.05) is 39.5 Å². The highest BCUT2D eigenvalue weighted by atomic mass is 16.7. The molecule has 0 unspecified atom stereocenters. The van der Waals surface area contributed by atoms with Gasteiger partial charge in [0.15, 0.2) is 17.0 Å². The van der Waals surface area contributed by atoms with Crippen LogP contribution in [0.1, 0.15) is 94.9 Å². The highest BCUT2D eigenvalue weighted by Crippen LogP contribution is 2.57. The summed E-state index contributed by atoms with van der Waals surface area (Å²) in [6, 6.07) is -0.0985. The monoisotopic (exact) mass is 620 g/mol. The van der Waals surface area contributed by atoms with Crippen molar-refractivity contribution in [2.24, 2.45) is 7.05 Å². The largest absolute Gasteiger partial charge is 0.471 e. The highest BCUT2D eigenvalue weighted by molar-refractivity contribution is 5.80. The first-order chi connectivity index (χ1) is 22.0. The zero-order valence-electron chi connectivity index (χ0n) is 26.5. The molecule has 5 fully saturated rings. The molecule has 4 saturated heterocycles. The molecule has 6 aliphatic rings. The van der Waals surface area contributed by atoms with Crippen LogP contribution in [-0.4, -0.2) is 86.1 Å². The fourth-order valence-electron chi connectivity index (χ4n) is 10.0. The standard InChI is InChI=1S/C33H44N6O6/c1-21(32-12-6-15-38(32)16-7-13-32)44-29-24-28(39(30(40)37(24)2)22-9-17-41-20-22)34-27(35-29)25-23-8-5-11-31(26(23)36-45-25)10-3-4-14-33(31)42-18-19-43-33/h21-22H,3-20H2,1-2H3/t21-,22+,31-/m0/s1. The fourth-order valence-corrected chi connectivity index (χ4v) is 10.0. The van der Waals surface area contributed by atoms with Crippen LogP contribution in [0, 0.1) is 0 Å². The molecule has 242 valence electrons. The predicted octanol–water partition coefficient (Wildman–Crippen LogP) is 4.03. The maximum absolute atomic E-state index is 13.8. The van der Waals surface area contributed by atoms with Gasteiger partial charge in [0.05, 0.1) is 42.5 Å². The number of aryl methyl sites for hydroxylation is 1. The molecule has 0 amide bonds. The van der Waals surface area contributed by atoms with E-state index in [2.05, 4.69) is 11.8 Å². The molecule has 3 aromatic heterocycles. The van der Waals surface area contributed by atoms with E-state index in [1.54, 1.807) is 16.2 Å². The zero-order chi connectivity index (χ0) is 30.4. The van der Waals surface area contributed by atoms with E-state index in [4.69, 9.17) is 38.6 Å². The van der Waals surface area contributed by atoms with Crippen LogP contribution in [0.5, 0.6) is 5.88 Å². The van der Waals surface area contributed by atoms with Gasteiger partial charge in [0.1, 0.15) is 6.10 Å². The smallest absolute Gasteiger partial charge is 0.330 e. The van der Waals surface area contributed by atoms with Crippen molar-refractivity contribution >= 4 is 11.2 Å². The number of aromatic nitrogens is 5. The Labute approximate surface area is 262 Å². The minimum Gasteiger partial charge on any atom is -0.471 e. The Morgan fingerprint density at radius 2 is 1.73 bits per heavy atom. The second-order valence-electron chi connectivity index (χ2n) is 14.2. The zero-order valence-corrected chi connectivity index (χ0v) is 26.5. The van der Waals surface area contributed by atoms with Gasteiger partial charge in [0.2, 0.25) is 17.5 Å². The van der Waals surface area contributed by atoms with Crippen LogP contribution in [0.4, 0.5) is 0 Å². The number of rotatable bonds is 5. The second-order valence-corrected chi connectivity index (χ2v) is 14.2. The van der Waals surface area contributed by atoms with Crippen LogP contribution in [0.2, 0.25) is 0 Å². The molecular formula is C33H44N6O6. The van der Waals surface area contributed by atoms with Gasteiger partial charge in [-0.2, -0.15) is 4.98 Å². The van der Waals surface area contributed by atoms with Crippen LogP contribution in [0.3, 0.4) is 0 Å². The number of hydrogen-bond donors (Lipinski definition) is 0. The lowest BCUT2D eigenvalue weighted by Crippen LogP contribution is -2.56. The van der Waals surface area contributed by atoms with Gasteiger partial charge in [-0.25, -0.2) is 9.78 Å². The molecule has 12 nitrogen and oxygen atoms in total. The molecule has 0 bridgehead atoms. The molecule has 1 saturated carbocycles. The van der Waals surface area contributed by atoms with E-state index < -0.39 is 5.79 Å². The molecular weight excluding hydrogens is 576 g/mol. The Bertz CT molecular complexity index is 1670. The Balaban J connectivity index is 1.20. The first kappa shape index (κ1) is 28.4. The number of imidazole rings is 1. The van der Waals surface area contributed by atoms with Gasteiger partial charge in [-0.15, -0.1) is 0 Å². The van der Waals surface area contributed by atoms with Crippen molar-refractivity contribution < 1.29 is 23.5 Å². The summed E-state index contributed by atoms with van der Waals surface area (Å²) in [7, 11) is 1.79. The van der Waals surface area contributed by atoms with E-state index in [0.717, 1.165) is 88.6 Å². The topological polar surface area (TPSA) is 119 Å². The van der Waals surface area contributed by atoms with Gasteiger partial charge in [-0.05, 0) is 84.2 Å². The van der Waals surface area contributed by atoms with Crippen molar-refractivity contribution in [3.05, 3.63) is 21.7 Å². The quantitative estimate of drug-likeness (QED) is 0.414. The number of hydrogen-bond acceptors (Lipinski definition) is 10. The minimum atomic E-state index is -0.654. The lowest BCUT2D eigenvalue weighted by molar-refractivity contribution is -0.231. The molecule has 3 aromatic rings. The number of ether oxygens (including phenoxy) is 4. The molecule has 4 aliphatic heterocycles. The van der Waals surface area contributed by atoms with Crippen molar-refractivity contribution in [2.45, 2.75) is 113 Å². The van der Waals surface area contributed by atoms with Crippen molar-refractivity contribution in [1.82, 2.24) is 29.2 Å². The molecule has 0 radical (unpaired) electrons. The van der Waals surface area contributed by atoms with Crippen LogP contribution in [0.25, 0.3) is 22.7 Å². The Morgan fingerprint density at radius 3 is 2.51 bits per heavy atom. The molecule has 2 aliphatic carbocycles. The van der Waals surface area contributed by atoms with Crippen LogP contribution < -0.4 is 10.4 Å². The first-order valence-electron chi connectivity index (χ1n) is 17.2. The third-order valence-electron chi connectivity index (χ3n) is 12.2. The molecule has 45 heavy (non-hydrogen) atoms. The van der Waals surface area contributed by atoms with E-state index in [-0.39, 0.29) is 28.8 Å². The summed E-state index contributed by atoms with van der Waals surface area (Å²) in [6.07, 6.45) is 12.0. The molecule has 3 atom stereocenters. The van der Waals surface area contributed by atoms with E-state index in [0.29, 0.717) is 55.1 Å². The summed E-state index contributed by atoms with van der Waals surface area (Å²) < 4.78 is 35.1. The van der Waals surface area contributed by atoms with Gasteiger partial charge in [0.25, 0.3) is 0 Å². The van der Waals surface area contributed by atoms with Crippen molar-refractivity contribution in [1.29, 1.82) is 0 Å². The van der Waals surface area contributed by atoms with Crippen molar-refractivity contribution in [3.8, 4) is 17.5 Å². The summed E-state index contributed by atoms with van der Waals surface area (Å²) in [5.74, 6) is 0.757. The van der Waals surface area contributed by atoms with Gasteiger partial charge in [0, 0.05) is 25.6 Å². The third-order valence-corrected chi connectivity index (χ3v) is 12.2. The minimum absolute atomic E-state index is 0.00741. The molecule has 0 aromatic carbocycles. The number of fused-ring (bicyclic) bond motifs is 5. The SMILES string of the molecule is C[C@H](Oc1nc(-c2onc3c2CCC[C@@]32CCCCC23OCCO3)nc2c1n(C)c(=O)n2[C@@H]1CCOC1)C12CCCN1CCC2. The molecule has 0 N–H and O–H groups in total. The first-order valence-corrected chi connectivity index (χ1v) is 17.2. The van der Waals surface area contributed by atoms with E-state index in [1.165, 1.54) is 12.8 Å². The summed E-state index contributed by atoms with van der Waals surface area (Å²) >= 11 is 0. The predicted molar refractivity (Wildman–Crippen MR) is 163 cm³/mol. The van der Waals surface area contributed by atoms with Crippen LogP contribution in [-0.2, 0) is 33.1 Å². The summed E-state index contributed by atoms with van der Waals surface area (Å²) in [6.45, 7) is 6.69. The average Bonchev–Trinajstić information content (AvgIpc) is 3.87. The van der Waals surface area contributed by atoms with Gasteiger partial charge < -0.3 is 23.5 Å². The Hall–Kier alpha value is -2.80. The summed E-state index contributed by atoms with van der Waals surface area (Å²) in [5.41, 5.74) is 2.65. The molecule has 9 rings (SSSR count). The van der Waals surface area contributed by atoms with Gasteiger partial charge in [-0.1, -0.05) is 11.6 Å². The van der Waals surface area contributed by atoms with Gasteiger partial charge in [-0.3, -0.25) is 14.0 Å². The van der Waals surface area contributed by atoms with Crippen LogP contribution >= 0.6 is 0 Å². The summed E-state index contributed by atoms with van der Waals surface area (Å²) in [4.78, 5) is 26.6. The number of nitrogens with zero attached hydrogens (tertiary/aromatic N) is 6. The average molecular weight is 621 g/mol.